The van der Waals surface area contributed by atoms with Crippen molar-refractivity contribution in [2.45, 2.75) is 33.2 Å². The monoisotopic (exact) mass is 284 g/mol. The standard InChI is InChI=1S/C16H26F2N2/c1-5-19-15(11-20(4)10-9-12(2)3)13-7-6-8-14(17)16(13)18/h6-8,12,15,19H,5,9-11H2,1-4H3. The molecule has 114 valence electrons. The van der Waals surface area contributed by atoms with E-state index in [1.54, 1.807) is 12.1 Å². The molecule has 0 bridgehead atoms. The van der Waals surface area contributed by atoms with Crippen molar-refractivity contribution < 1.29 is 8.78 Å². The van der Waals surface area contributed by atoms with Gasteiger partial charge in [-0.1, -0.05) is 32.9 Å². The Labute approximate surface area is 121 Å². The lowest BCUT2D eigenvalue weighted by molar-refractivity contribution is 0.272. The van der Waals surface area contributed by atoms with Crippen LogP contribution in [0.3, 0.4) is 0 Å². The van der Waals surface area contributed by atoms with E-state index in [4.69, 9.17) is 0 Å². The molecule has 0 aliphatic carbocycles. The van der Waals surface area contributed by atoms with E-state index in [-0.39, 0.29) is 6.04 Å². The second kappa shape index (κ2) is 8.32. The zero-order valence-electron chi connectivity index (χ0n) is 12.9. The fourth-order valence-electron chi connectivity index (χ4n) is 2.19. The van der Waals surface area contributed by atoms with Crippen LogP contribution < -0.4 is 5.32 Å². The molecule has 0 aromatic heterocycles. The molecule has 0 fully saturated rings. The molecule has 0 spiro atoms. The van der Waals surface area contributed by atoms with Gasteiger partial charge in [-0.15, -0.1) is 0 Å². The highest BCUT2D eigenvalue weighted by atomic mass is 19.2. The van der Waals surface area contributed by atoms with E-state index >= 15 is 0 Å². The Hall–Kier alpha value is -1.00. The normalized spacial score (nSPS) is 13.2. The molecular weight excluding hydrogens is 258 g/mol. The minimum atomic E-state index is -0.782. The van der Waals surface area contributed by atoms with Crippen LogP contribution in [-0.4, -0.2) is 31.6 Å². The SMILES string of the molecule is CCNC(CN(C)CCC(C)C)c1cccc(F)c1F. The molecule has 0 saturated heterocycles. The van der Waals surface area contributed by atoms with E-state index in [1.807, 2.05) is 14.0 Å². The number of nitrogens with zero attached hydrogens (tertiary/aromatic N) is 1. The maximum atomic E-state index is 13.9. The third kappa shape index (κ3) is 5.17. The van der Waals surface area contributed by atoms with Crippen LogP contribution in [0.4, 0.5) is 8.78 Å². The van der Waals surface area contributed by atoms with E-state index in [9.17, 15) is 8.78 Å². The minimum Gasteiger partial charge on any atom is -0.309 e. The average Bonchev–Trinajstić information content (AvgIpc) is 2.39. The van der Waals surface area contributed by atoms with Crippen molar-refractivity contribution in [3.8, 4) is 0 Å². The van der Waals surface area contributed by atoms with Gasteiger partial charge in [0.25, 0.3) is 0 Å². The second-order valence-electron chi connectivity index (χ2n) is 5.70. The average molecular weight is 284 g/mol. The largest absolute Gasteiger partial charge is 0.309 e. The predicted octanol–water partition coefficient (Wildman–Crippen LogP) is 3.59. The number of rotatable bonds is 8. The summed E-state index contributed by atoms with van der Waals surface area (Å²) < 4.78 is 27.3. The van der Waals surface area contributed by atoms with Crippen molar-refractivity contribution >= 4 is 0 Å². The summed E-state index contributed by atoms with van der Waals surface area (Å²) >= 11 is 0. The first-order valence-corrected chi connectivity index (χ1v) is 7.31. The van der Waals surface area contributed by atoms with Crippen molar-refractivity contribution in [1.82, 2.24) is 10.2 Å². The Morgan fingerprint density at radius 2 is 1.95 bits per heavy atom. The molecule has 1 N–H and O–H groups in total. The topological polar surface area (TPSA) is 15.3 Å². The van der Waals surface area contributed by atoms with Gasteiger partial charge in [0.15, 0.2) is 11.6 Å². The van der Waals surface area contributed by atoms with E-state index in [1.165, 1.54) is 0 Å². The van der Waals surface area contributed by atoms with Crippen molar-refractivity contribution in [1.29, 1.82) is 0 Å². The fourth-order valence-corrected chi connectivity index (χ4v) is 2.19. The van der Waals surface area contributed by atoms with Crippen molar-refractivity contribution in [3.05, 3.63) is 35.4 Å². The Kier molecular flexibility index (Phi) is 7.10. The Bertz CT molecular complexity index is 407. The zero-order chi connectivity index (χ0) is 15.1. The maximum absolute atomic E-state index is 13.9. The van der Waals surface area contributed by atoms with Crippen molar-refractivity contribution in [2.75, 3.05) is 26.7 Å². The van der Waals surface area contributed by atoms with E-state index in [0.29, 0.717) is 18.0 Å². The number of halogens is 2. The fraction of sp³-hybridized carbons (Fsp3) is 0.625. The minimum absolute atomic E-state index is 0.187. The van der Waals surface area contributed by atoms with E-state index in [0.717, 1.165) is 25.6 Å². The summed E-state index contributed by atoms with van der Waals surface area (Å²) in [7, 11) is 2.02. The van der Waals surface area contributed by atoms with Gasteiger partial charge in [0, 0.05) is 18.2 Å². The van der Waals surface area contributed by atoms with Gasteiger partial charge >= 0.3 is 0 Å². The number of hydrogen-bond donors (Lipinski definition) is 1. The summed E-state index contributed by atoms with van der Waals surface area (Å²) in [5.74, 6) is -0.883. The molecule has 0 aliphatic heterocycles. The summed E-state index contributed by atoms with van der Waals surface area (Å²) in [6.07, 6.45) is 1.10. The van der Waals surface area contributed by atoms with Crippen molar-refractivity contribution in [2.24, 2.45) is 5.92 Å². The number of hydrogen-bond acceptors (Lipinski definition) is 2. The highest BCUT2D eigenvalue weighted by Gasteiger charge is 2.19. The first kappa shape index (κ1) is 17.1. The van der Waals surface area contributed by atoms with Crippen LogP contribution in [-0.2, 0) is 0 Å². The quantitative estimate of drug-likeness (QED) is 0.785. The summed E-state index contributed by atoms with van der Waals surface area (Å²) in [6, 6.07) is 4.19. The first-order valence-electron chi connectivity index (χ1n) is 7.31. The molecule has 1 atom stereocenters. The molecule has 0 heterocycles. The molecule has 4 heteroatoms. The lowest BCUT2D eigenvalue weighted by Gasteiger charge is -2.26. The van der Waals surface area contributed by atoms with Gasteiger partial charge in [0.05, 0.1) is 0 Å². The molecule has 20 heavy (non-hydrogen) atoms. The summed E-state index contributed by atoms with van der Waals surface area (Å²) in [5.41, 5.74) is 0.406. The molecule has 0 aliphatic rings. The van der Waals surface area contributed by atoms with Gasteiger partial charge in [-0.2, -0.15) is 0 Å². The first-order chi connectivity index (χ1) is 9.45. The lowest BCUT2D eigenvalue weighted by atomic mass is 10.0. The summed E-state index contributed by atoms with van der Waals surface area (Å²) in [5, 5.41) is 3.24. The third-order valence-corrected chi connectivity index (χ3v) is 3.39. The Balaban J connectivity index is 2.75. The molecular formula is C16H26F2N2. The number of nitrogens with one attached hydrogen (secondary N) is 1. The highest BCUT2D eigenvalue weighted by Crippen LogP contribution is 2.20. The second-order valence-corrected chi connectivity index (χ2v) is 5.70. The highest BCUT2D eigenvalue weighted by molar-refractivity contribution is 5.23. The van der Waals surface area contributed by atoms with Gasteiger partial charge in [-0.3, -0.25) is 0 Å². The molecule has 0 radical (unpaired) electrons. The van der Waals surface area contributed by atoms with Gasteiger partial charge in [-0.25, -0.2) is 8.78 Å². The number of benzene rings is 1. The Morgan fingerprint density at radius 3 is 2.55 bits per heavy atom. The molecule has 0 saturated carbocycles. The predicted molar refractivity (Wildman–Crippen MR) is 79.7 cm³/mol. The maximum Gasteiger partial charge on any atom is 0.163 e. The van der Waals surface area contributed by atoms with E-state index < -0.39 is 11.6 Å². The van der Waals surface area contributed by atoms with Crippen LogP contribution in [0.5, 0.6) is 0 Å². The van der Waals surface area contributed by atoms with Gasteiger partial charge < -0.3 is 10.2 Å². The molecule has 2 nitrogen and oxygen atoms in total. The summed E-state index contributed by atoms with van der Waals surface area (Å²) in [4.78, 5) is 2.16. The van der Waals surface area contributed by atoms with E-state index in [2.05, 4.69) is 24.1 Å². The molecule has 0 amide bonds. The van der Waals surface area contributed by atoms with Gasteiger partial charge in [-0.05, 0) is 38.5 Å². The van der Waals surface area contributed by atoms with Gasteiger partial charge in [0.1, 0.15) is 0 Å². The third-order valence-electron chi connectivity index (χ3n) is 3.39. The molecule has 1 unspecified atom stereocenters. The van der Waals surface area contributed by atoms with Crippen LogP contribution in [0.2, 0.25) is 0 Å². The van der Waals surface area contributed by atoms with Crippen LogP contribution >= 0.6 is 0 Å². The smallest absolute Gasteiger partial charge is 0.163 e. The molecule has 1 rings (SSSR count). The molecule has 1 aromatic carbocycles. The van der Waals surface area contributed by atoms with Crippen LogP contribution in [0.1, 0.15) is 38.8 Å². The lowest BCUT2D eigenvalue weighted by Crippen LogP contribution is -2.34. The Morgan fingerprint density at radius 1 is 1.25 bits per heavy atom. The van der Waals surface area contributed by atoms with Crippen LogP contribution in [0.25, 0.3) is 0 Å². The number of likely N-dealkylation sites (N-methyl/N-ethyl adjacent to an activating group) is 2. The van der Waals surface area contributed by atoms with Crippen LogP contribution in [0.15, 0.2) is 18.2 Å². The summed E-state index contributed by atoms with van der Waals surface area (Å²) in [6.45, 7) is 8.68. The zero-order valence-corrected chi connectivity index (χ0v) is 12.9. The van der Waals surface area contributed by atoms with Crippen LogP contribution in [0, 0.1) is 17.6 Å². The molecule has 1 aromatic rings. The van der Waals surface area contributed by atoms with Gasteiger partial charge in [0.2, 0.25) is 0 Å². The van der Waals surface area contributed by atoms with Crippen molar-refractivity contribution in [3.63, 3.8) is 0 Å².